The highest BCUT2D eigenvalue weighted by Crippen LogP contribution is 2.18. The first-order valence-corrected chi connectivity index (χ1v) is 9.37. The van der Waals surface area contributed by atoms with Gasteiger partial charge in [-0.2, -0.15) is 0 Å². The van der Waals surface area contributed by atoms with Crippen LogP contribution in [-0.4, -0.2) is 31.1 Å². The summed E-state index contributed by atoms with van der Waals surface area (Å²) in [6.07, 6.45) is 0.460. The molecule has 8 nitrogen and oxygen atoms in total. The van der Waals surface area contributed by atoms with E-state index in [-0.39, 0.29) is 23.2 Å². The van der Waals surface area contributed by atoms with Gasteiger partial charge in [-0.1, -0.05) is 18.2 Å². The first-order chi connectivity index (χ1) is 12.8. The molecule has 3 aromatic rings. The minimum absolute atomic E-state index is 0.0195. The van der Waals surface area contributed by atoms with Crippen LogP contribution < -0.4 is 10.5 Å². The Morgan fingerprint density at radius 1 is 1.15 bits per heavy atom. The van der Waals surface area contributed by atoms with Crippen molar-refractivity contribution in [3.05, 3.63) is 65.8 Å². The predicted molar refractivity (Wildman–Crippen MR) is 93.5 cm³/mol. The average Bonchev–Trinajstić information content (AvgIpc) is 3.12. The van der Waals surface area contributed by atoms with Gasteiger partial charge in [0, 0.05) is 12.1 Å². The van der Waals surface area contributed by atoms with Crippen molar-refractivity contribution < 1.29 is 22.0 Å². The van der Waals surface area contributed by atoms with Crippen LogP contribution in [0.5, 0.6) is 0 Å². The number of carbonyl (C=O) groups is 1. The summed E-state index contributed by atoms with van der Waals surface area (Å²) < 4.78 is 40.9. The molecule has 2 aromatic carbocycles. The number of sulfonamides is 1. The van der Waals surface area contributed by atoms with Crippen LogP contribution in [0.3, 0.4) is 0 Å². The molecule has 1 heterocycles. The number of primary sulfonamides is 1. The quantitative estimate of drug-likeness (QED) is 0.656. The van der Waals surface area contributed by atoms with E-state index in [9.17, 15) is 17.6 Å². The lowest BCUT2D eigenvalue weighted by Crippen LogP contribution is -2.26. The van der Waals surface area contributed by atoms with Gasteiger partial charge in [-0.25, -0.2) is 17.9 Å². The SMILES string of the molecule is NS(=O)(=O)c1ccc(CCNC(=O)c2nnc(-c3cccc(F)c3)o2)cc1. The van der Waals surface area contributed by atoms with Crippen molar-refractivity contribution in [2.24, 2.45) is 5.14 Å². The number of hydrogen-bond donors (Lipinski definition) is 2. The number of nitrogens with two attached hydrogens (primary N) is 1. The van der Waals surface area contributed by atoms with Crippen molar-refractivity contribution >= 4 is 15.9 Å². The summed E-state index contributed by atoms with van der Waals surface area (Å²) in [5.74, 6) is -1.21. The summed E-state index contributed by atoms with van der Waals surface area (Å²) in [7, 11) is -3.73. The lowest BCUT2D eigenvalue weighted by molar-refractivity contribution is 0.0920. The second-order valence-corrected chi connectivity index (χ2v) is 7.18. The standard InChI is InChI=1S/C17H15FN4O4S/c18-13-3-1-2-12(10-13)16-21-22-17(26-16)15(23)20-9-8-11-4-6-14(7-5-11)27(19,24)25/h1-7,10H,8-9H2,(H,20,23)(H2,19,24,25). The first-order valence-electron chi connectivity index (χ1n) is 7.82. The Labute approximate surface area is 154 Å². The Kier molecular flexibility index (Phi) is 5.28. The molecule has 0 spiro atoms. The van der Waals surface area contributed by atoms with Gasteiger partial charge >= 0.3 is 11.8 Å². The highest BCUT2D eigenvalue weighted by molar-refractivity contribution is 7.89. The molecule has 0 radical (unpaired) electrons. The fourth-order valence-corrected chi connectivity index (χ4v) is 2.81. The fraction of sp³-hybridized carbons (Fsp3) is 0.118. The van der Waals surface area contributed by atoms with Gasteiger partial charge in [0.2, 0.25) is 15.9 Å². The number of halogens is 1. The van der Waals surface area contributed by atoms with Crippen molar-refractivity contribution in [2.75, 3.05) is 6.54 Å². The summed E-state index contributed by atoms with van der Waals surface area (Å²) in [5, 5.41) is 15.0. The van der Waals surface area contributed by atoms with Crippen molar-refractivity contribution in [3.63, 3.8) is 0 Å². The molecule has 10 heteroatoms. The number of nitrogens with one attached hydrogen (secondary N) is 1. The van der Waals surface area contributed by atoms with E-state index in [1.54, 1.807) is 18.2 Å². The number of carbonyl (C=O) groups excluding carboxylic acids is 1. The van der Waals surface area contributed by atoms with Crippen LogP contribution in [0.4, 0.5) is 4.39 Å². The van der Waals surface area contributed by atoms with Gasteiger partial charge in [0.15, 0.2) is 0 Å². The molecule has 3 rings (SSSR count). The molecule has 0 saturated heterocycles. The van der Waals surface area contributed by atoms with Crippen LogP contribution in [0.2, 0.25) is 0 Å². The lowest BCUT2D eigenvalue weighted by atomic mass is 10.1. The molecule has 0 fully saturated rings. The van der Waals surface area contributed by atoms with E-state index in [0.717, 1.165) is 5.56 Å². The molecule has 140 valence electrons. The topological polar surface area (TPSA) is 128 Å². The van der Waals surface area contributed by atoms with Gasteiger partial charge in [-0.15, -0.1) is 10.2 Å². The number of hydrogen-bond acceptors (Lipinski definition) is 6. The maximum absolute atomic E-state index is 13.2. The van der Waals surface area contributed by atoms with E-state index < -0.39 is 21.7 Å². The smallest absolute Gasteiger partial charge is 0.308 e. The van der Waals surface area contributed by atoms with Gasteiger partial charge in [0.1, 0.15) is 5.82 Å². The molecule has 0 saturated carbocycles. The zero-order valence-electron chi connectivity index (χ0n) is 13.9. The zero-order chi connectivity index (χ0) is 19.4. The van der Waals surface area contributed by atoms with E-state index in [0.29, 0.717) is 12.0 Å². The van der Waals surface area contributed by atoms with Crippen molar-refractivity contribution in [3.8, 4) is 11.5 Å². The number of aromatic nitrogens is 2. The van der Waals surface area contributed by atoms with Crippen LogP contribution in [0.1, 0.15) is 16.2 Å². The van der Waals surface area contributed by atoms with E-state index in [4.69, 9.17) is 9.56 Å². The van der Waals surface area contributed by atoms with E-state index >= 15 is 0 Å². The van der Waals surface area contributed by atoms with Crippen molar-refractivity contribution in [2.45, 2.75) is 11.3 Å². The molecular weight excluding hydrogens is 375 g/mol. The Hall–Kier alpha value is -3.11. The normalized spacial score (nSPS) is 11.3. The molecule has 1 amide bonds. The molecule has 0 bridgehead atoms. The lowest BCUT2D eigenvalue weighted by Gasteiger charge is -2.04. The minimum atomic E-state index is -3.73. The molecule has 0 aliphatic rings. The maximum atomic E-state index is 13.2. The molecule has 1 aromatic heterocycles. The molecule has 0 unspecified atom stereocenters. The molecule has 0 aliphatic carbocycles. The van der Waals surface area contributed by atoms with Gasteiger partial charge in [0.05, 0.1) is 4.90 Å². The van der Waals surface area contributed by atoms with Crippen molar-refractivity contribution in [1.82, 2.24) is 15.5 Å². The van der Waals surface area contributed by atoms with E-state index in [1.807, 2.05) is 0 Å². The zero-order valence-corrected chi connectivity index (χ0v) is 14.7. The molecule has 0 aliphatic heterocycles. The third-order valence-electron chi connectivity index (χ3n) is 3.64. The second kappa shape index (κ2) is 7.64. The van der Waals surface area contributed by atoms with Crippen molar-refractivity contribution in [1.29, 1.82) is 0 Å². The Morgan fingerprint density at radius 3 is 2.56 bits per heavy atom. The summed E-state index contributed by atoms with van der Waals surface area (Å²) in [5.41, 5.74) is 1.19. The largest absolute Gasteiger partial charge is 0.412 e. The molecule has 3 N–H and O–H groups in total. The third kappa shape index (κ3) is 4.74. The van der Waals surface area contributed by atoms with Crippen LogP contribution >= 0.6 is 0 Å². The Morgan fingerprint density at radius 2 is 1.89 bits per heavy atom. The van der Waals surface area contributed by atoms with Crippen LogP contribution in [-0.2, 0) is 16.4 Å². The summed E-state index contributed by atoms with van der Waals surface area (Å²) in [6, 6.07) is 11.6. The number of nitrogens with zero attached hydrogens (tertiary/aromatic N) is 2. The monoisotopic (exact) mass is 390 g/mol. The minimum Gasteiger partial charge on any atom is -0.412 e. The average molecular weight is 390 g/mol. The number of rotatable bonds is 6. The third-order valence-corrected chi connectivity index (χ3v) is 4.57. The van der Waals surface area contributed by atoms with E-state index in [1.165, 1.54) is 30.3 Å². The number of benzene rings is 2. The van der Waals surface area contributed by atoms with Gasteiger partial charge in [-0.05, 0) is 42.3 Å². The molecule has 27 heavy (non-hydrogen) atoms. The fourth-order valence-electron chi connectivity index (χ4n) is 2.29. The van der Waals surface area contributed by atoms with Crippen LogP contribution in [0.15, 0.2) is 57.8 Å². The number of amides is 1. The highest BCUT2D eigenvalue weighted by atomic mass is 32.2. The summed E-state index contributed by atoms with van der Waals surface area (Å²) in [6.45, 7) is 0.269. The first kappa shape index (κ1) is 18.7. The van der Waals surface area contributed by atoms with Crippen LogP contribution in [0, 0.1) is 5.82 Å². The Balaban J connectivity index is 1.57. The Bertz CT molecular complexity index is 1060. The van der Waals surface area contributed by atoms with Gasteiger partial charge in [0.25, 0.3) is 0 Å². The summed E-state index contributed by atoms with van der Waals surface area (Å²) in [4.78, 5) is 12.1. The molecular formula is C17H15FN4O4S. The van der Waals surface area contributed by atoms with Crippen LogP contribution in [0.25, 0.3) is 11.5 Å². The van der Waals surface area contributed by atoms with Gasteiger partial charge < -0.3 is 9.73 Å². The molecule has 0 atom stereocenters. The highest BCUT2D eigenvalue weighted by Gasteiger charge is 2.16. The predicted octanol–water partition coefficient (Wildman–Crippen LogP) is 1.50. The second-order valence-electron chi connectivity index (χ2n) is 5.62. The maximum Gasteiger partial charge on any atom is 0.308 e. The summed E-state index contributed by atoms with van der Waals surface area (Å²) >= 11 is 0. The van der Waals surface area contributed by atoms with E-state index in [2.05, 4.69) is 15.5 Å². The van der Waals surface area contributed by atoms with Gasteiger partial charge in [-0.3, -0.25) is 4.79 Å².